The third-order valence-corrected chi connectivity index (χ3v) is 3.05. The Morgan fingerprint density at radius 1 is 1.32 bits per heavy atom. The Bertz CT molecular complexity index is 600. The summed E-state index contributed by atoms with van der Waals surface area (Å²) < 4.78 is 6.83. The molecule has 19 heavy (non-hydrogen) atoms. The van der Waals surface area contributed by atoms with Crippen LogP contribution in [-0.2, 0) is 4.74 Å². The summed E-state index contributed by atoms with van der Waals surface area (Å²) in [7, 11) is 1.39. The van der Waals surface area contributed by atoms with Crippen molar-refractivity contribution in [3.8, 4) is 11.1 Å². The third kappa shape index (κ3) is 2.62. The van der Waals surface area contributed by atoms with Crippen molar-refractivity contribution in [3.63, 3.8) is 0 Å². The Morgan fingerprint density at radius 3 is 2.63 bits per heavy atom. The second-order valence-corrected chi connectivity index (χ2v) is 4.74. The van der Waals surface area contributed by atoms with Crippen LogP contribution in [0.4, 0.5) is 5.69 Å². The average molecular weight is 258 g/mol. The van der Waals surface area contributed by atoms with Crippen LogP contribution in [-0.4, -0.2) is 17.6 Å². The minimum absolute atomic E-state index is 0.276. The second-order valence-electron chi connectivity index (χ2n) is 4.74. The average Bonchev–Trinajstić information content (AvgIpc) is 2.83. The zero-order valence-corrected chi connectivity index (χ0v) is 11.4. The van der Waals surface area contributed by atoms with E-state index in [9.17, 15) is 4.79 Å². The van der Waals surface area contributed by atoms with Crippen LogP contribution in [0.3, 0.4) is 0 Å². The van der Waals surface area contributed by atoms with Gasteiger partial charge in [0.2, 0.25) is 0 Å². The maximum Gasteiger partial charge on any atom is 0.340 e. The number of carbonyl (C=O) groups excluding carboxylic acids is 1. The van der Waals surface area contributed by atoms with Crippen LogP contribution in [0.2, 0.25) is 0 Å². The third-order valence-electron chi connectivity index (χ3n) is 3.05. The van der Waals surface area contributed by atoms with Crippen molar-refractivity contribution in [2.24, 2.45) is 0 Å². The molecule has 0 fully saturated rings. The van der Waals surface area contributed by atoms with E-state index in [1.807, 2.05) is 41.2 Å². The molecule has 2 rings (SSSR count). The molecule has 2 aromatic rings. The van der Waals surface area contributed by atoms with Crippen LogP contribution in [0.1, 0.15) is 30.2 Å². The molecule has 0 atom stereocenters. The lowest BCUT2D eigenvalue weighted by molar-refractivity contribution is 0.0601. The number of hydrogen-bond donors (Lipinski definition) is 1. The van der Waals surface area contributed by atoms with Gasteiger partial charge >= 0.3 is 5.97 Å². The standard InChI is InChI=1S/C15H18N2O2/c1-10(2)17-8-13(14(9-17)15(18)19-3)11-5-4-6-12(16)7-11/h4-10H,16H2,1-3H3. The molecule has 0 saturated heterocycles. The van der Waals surface area contributed by atoms with Crippen molar-refractivity contribution in [1.82, 2.24) is 4.57 Å². The van der Waals surface area contributed by atoms with Crippen molar-refractivity contribution in [1.29, 1.82) is 0 Å². The monoisotopic (exact) mass is 258 g/mol. The highest BCUT2D eigenvalue weighted by Crippen LogP contribution is 2.28. The Kier molecular flexibility index (Phi) is 3.60. The van der Waals surface area contributed by atoms with Gasteiger partial charge in [0.1, 0.15) is 0 Å². The lowest BCUT2D eigenvalue weighted by Crippen LogP contribution is -2.02. The van der Waals surface area contributed by atoms with E-state index >= 15 is 0 Å². The van der Waals surface area contributed by atoms with Crippen molar-refractivity contribution >= 4 is 11.7 Å². The molecule has 0 radical (unpaired) electrons. The van der Waals surface area contributed by atoms with Gasteiger partial charge in [-0.15, -0.1) is 0 Å². The van der Waals surface area contributed by atoms with Gasteiger partial charge in [-0.3, -0.25) is 0 Å². The number of methoxy groups -OCH3 is 1. The number of esters is 1. The van der Waals surface area contributed by atoms with E-state index in [-0.39, 0.29) is 12.0 Å². The lowest BCUT2D eigenvalue weighted by atomic mass is 10.0. The number of carbonyl (C=O) groups is 1. The molecule has 0 unspecified atom stereocenters. The number of anilines is 1. The minimum atomic E-state index is -0.336. The number of nitrogen functional groups attached to an aromatic ring is 1. The van der Waals surface area contributed by atoms with E-state index in [1.165, 1.54) is 7.11 Å². The SMILES string of the molecule is COC(=O)c1cn(C(C)C)cc1-c1cccc(N)c1. The van der Waals surface area contributed by atoms with Crippen LogP contribution in [0.5, 0.6) is 0 Å². The summed E-state index contributed by atoms with van der Waals surface area (Å²) in [6.07, 6.45) is 3.76. The first-order valence-electron chi connectivity index (χ1n) is 6.18. The van der Waals surface area contributed by atoms with Crippen LogP contribution in [0.25, 0.3) is 11.1 Å². The molecule has 1 aromatic carbocycles. The summed E-state index contributed by atoms with van der Waals surface area (Å²) in [5.41, 5.74) is 8.78. The Morgan fingerprint density at radius 2 is 2.05 bits per heavy atom. The second kappa shape index (κ2) is 5.18. The van der Waals surface area contributed by atoms with Gasteiger partial charge in [-0.25, -0.2) is 4.79 Å². The molecule has 0 aliphatic heterocycles. The van der Waals surface area contributed by atoms with Gasteiger partial charge < -0.3 is 15.0 Å². The summed E-state index contributed by atoms with van der Waals surface area (Å²) in [6.45, 7) is 4.12. The molecule has 4 nitrogen and oxygen atoms in total. The molecule has 100 valence electrons. The summed E-state index contributed by atoms with van der Waals surface area (Å²) >= 11 is 0. The van der Waals surface area contributed by atoms with E-state index in [1.54, 1.807) is 0 Å². The van der Waals surface area contributed by atoms with Gasteiger partial charge in [-0.1, -0.05) is 12.1 Å². The van der Waals surface area contributed by atoms with Gasteiger partial charge in [0.05, 0.1) is 12.7 Å². The molecule has 2 N–H and O–H groups in total. The highest BCUT2D eigenvalue weighted by molar-refractivity contribution is 5.97. The van der Waals surface area contributed by atoms with Gasteiger partial charge in [0.15, 0.2) is 0 Å². The lowest BCUT2D eigenvalue weighted by Gasteiger charge is -2.05. The first kappa shape index (κ1) is 13.2. The molecule has 1 heterocycles. The van der Waals surface area contributed by atoms with Crippen molar-refractivity contribution in [2.45, 2.75) is 19.9 Å². The summed E-state index contributed by atoms with van der Waals surface area (Å²) in [5, 5.41) is 0. The van der Waals surface area contributed by atoms with Gasteiger partial charge in [0.25, 0.3) is 0 Å². The highest BCUT2D eigenvalue weighted by Gasteiger charge is 2.17. The summed E-state index contributed by atoms with van der Waals surface area (Å²) in [4.78, 5) is 11.9. The fraction of sp³-hybridized carbons (Fsp3) is 0.267. The molecular weight excluding hydrogens is 240 g/mol. The first-order valence-corrected chi connectivity index (χ1v) is 6.18. The molecular formula is C15H18N2O2. The highest BCUT2D eigenvalue weighted by atomic mass is 16.5. The normalized spacial score (nSPS) is 10.7. The Labute approximate surface area is 112 Å². The van der Waals surface area contributed by atoms with E-state index in [0.29, 0.717) is 11.3 Å². The maximum atomic E-state index is 11.9. The van der Waals surface area contributed by atoms with Crippen molar-refractivity contribution in [3.05, 3.63) is 42.2 Å². The number of rotatable bonds is 3. The molecule has 0 spiro atoms. The van der Waals surface area contributed by atoms with Crippen LogP contribution < -0.4 is 5.73 Å². The van der Waals surface area contributed by atoms with Gasteiger partial charge in [-0.2, -0.15) is 0 Å². The number of nitrogens with zero attached hydrogens (tertiary/aromatic N) is 1. The molecule has 4 heteroatoms. The molecule has 0 saturated carbocycles. The molecule has 0 aliphatic rings. The maximum absolute atomic E-state index is 11.9. The van der Waals surface area contributed by atoms with E-state index in [0.717, 1.165) is 11.1 Å². The zero-order valence-electron chi connectivity index (χ0n) is 11.4. The zero-order chi connectivity index (χ0) is 14.0. The smallest absolute Gasteiger partial charge is 0.340 e. The Balaban J connectivity index is 2.57. The number of nitrogens with two attached hydrogens (primary N) is 1. The van der Waals surface area contributed by atoms with Crippen LogP contribution in [0.15, 0.2) is 36.7 Å². The van der Waals surface area contributed by atoms with Crippen LogP contribution in [0, 0.1) is 0 Å². The van der Waals surface area contributed by atoms with Gasteiger partial charge in [0, 0.05) is 29.7 Å². The van der Waals surface area contributed by atoms with Crippen molar-refractivity contribution < 1.29 is 9.53 Å². The fourth-order valence-electron chi connectivity index (χ4n) is 1.98. The number of benzene rings is 1. The quantitative estimate of drug-likeness (QED) is 0.679. The van der Waals surface area contributed by atoms with E-state index in [2.05, 4.69) is 13.8 Å². The topological polar surface area (TPSA) is 57.2 Å². The van der Waals surface area contributed by atoms with Crippen molar-refractivity contribution in [2.75, 3.05) is 12.8 Å². The van der Waals surface area contributed by atoms with Gasteiger partial charge in [-0.05, 0) is 31.5 Å². The fourth-order valence-corrected chi connectivity index (χ4v) is 1.98. The predicted octanol–water partition coefficient (Wildman–Crippen LogP) is 3.10. The summed E-state index contributed by atoms with van der Waals surface area (Å²) in [5.74, 6) is -0.336. The number of aromatic nitrogens is 1. The van der Waals surface area contributed by atoms with Crippen LogP contribution >= 0.6 is 0 Å². The van der Waals surface area contributed by atoms with E-state index < -0.39 is 0 Å². The summed E-state index contributed by atoms with van der Waals surface area (Å²) in [6, 6.07) is 7.76. The predicted molar refractivity (Wildman–Crippen MR) is 76.0 cm³/mol. The largest absolute Gasteiger partial charge is 0.465 e. The van der Waals surface area contributed by atoms with E-state index in [4.69, 9.17) is 10.5 Å². The molecule has 0 amide bonds. The number of ether oxygens (including phenoxy) is 1. The first-order chi connectivity index (χ1) is 9.02. The molecule has 0 bridgehead atoms. The minimum Gasteiger partial charge on any atom is -0.465 e. The Hall–Kier alpha value is -2.23. The molecule has 0 aliphatic carbocycles. The number of hydrogen-bond acceptors (Lipinski definition) is 3. The molecule has 1 aromatic heterocycles.